The summed E-state index contributed by atoms with van der Waals surface area (Å²) < 4.78 is 0.842. The predicted molar refractivity (Wildman–Crippen MR) is 97.5 cm³/mol. The highest BCUT2D eigenvalue weighted by Crippen LogP contribution is 2.14. The molecule has 0 unspecified atom stereocenters. The Morgan fingerprint density at radius 1 is 1.12 bits per heavy atom. The number of rotatable bonds is 6. The highest BCUT2D eigenvalue weighted by molar-refractivity contribution is 9.10. The first-order valence-electron chi connectivity index (χ1n) is 7.51. The van der Waals surface area contributed by atoms with Gasteiger partial charge in [0.05, 0.1) is 0 Å². The molecule has 0 spiro atoms. The Kier molecular flexibility index (Phi) is 6.30. The number of halogens is 1. The number of hydrogen-bond acceptors (Lipinski definition) is 3. The molecule has 25 heavy (non-hydrogen) atoms. The third-order valence-electron chi connectivity index (χ3n) is 3.40. The van der Waals surface area contributed by atoms with Gasteiger partial charge in [-0.1, -0.05) is 28.1 Å². The fourth-order valence-corrected chi connectivity index (χ4v) is 2.70. The zero-order valence-electron chi connectivity index (χ0n) is 13.5. The van der Waals surface area contributed by atoms with Crippen molar-refractivity contribution in [2.75, 3.05) is 5.32 Å². The van der Waals surface area contributed by atoms with Crippen molar-refractivity contribution in [3.8, 4) is 0 Å². The van der Waals surface area contributed by atoms with Crippen LogP contribution in [0, 0.1) is 0 Å². The highest BCUT2D eigenvalue weighted by atomic mass is 79.9. The topological polar surface area (TPSA) is 95.5 Å². The number of carboxylic acid groups (broad SMARTS) is 1. The van der Waals surface area contributed by atoms with Crippen LogP contribution in [-0.2, 0) is 16.0 Å². The summed E-state index contributed by atoms with van der Waals surface area (Å²) in [5.74, 6) is -1.81. The summed E-state index contributed by atoms with van der Waals surface area (Å²) in [5.41, 5.74) is 1.67. The fraction of sp³-hybridized carbons (Fsp3) is 0.167. The molecule has 0 aliphatic rings. The van der Waals surface area contributed by atoms with Crippen molar-refractivity contribution in [1.82, 2.24) is 5.32 Å². The van der Waals surface area contributed by atoms with Crippen LogP contribution in [0.3, 0.4) is 0 Å². The van der Waals surface area contributed by atoms with Crippen molar-refractivity contribution in [2.24, 2.45) is 0 Å². The normalized spacial score (nSPS) is 11.4. The zero-order valence-corrected chi connectivity index (χ0v) is 15.0. The summed E-state index contributed by atoms with van der Waals surface area (Å²) in [5, 5.41) is 14.5. The van der Waals surface area contributed by atoms with Crippen molar-refractivity contribution in [3.63, 3.8) is 0 Å². The number of nitrogens with one attached hydrogen (secondary N) is 2. The van der Waals surface area contributed by atoms with Gasteiger partial charge in [0.25, 0.3) is 5.91 Å². The molecular formula is C18H17BrN2O4. The Morgan fingerprint density at radius 2 is 1.80 bits per heavy atom. The van der Waals surface area contributed by atoms with Gasteiger partial charge in [-0.2, -0.15) is 0 Å². The average molecular weight is 405 g/mol. The van der Waals surface area contributed by atoms with Crippen molar-refractivity contribution in [1.29, 1.82) is 0 Å². The zero-order chi connectivity index (χ0) is 18.4. The molecule has 0 aliphatic carbocycles. The van der Waals surface area contributed by atoms with E-state index in [0.717, 1.165) is 10.0 Å². The second kappa shape index (κ2) is 8.43. The lowest BCUT2D eigenvalue weighted by molar-refractivity contribution is -0.139. The number of benzene rings is 2. The summed E-state index contributed by atoms with van der Waals surface area (Å²) in [4.78, 5) is 34.7. The monoisotopic (exact) mass is 404 g/mol. The van der Waals surface area contributed by atoms with Gasteiger partial charge in [0.15, 0.2) is 0 Å². The quantitative estimate of drug-likeness (QED) is 0.689. The number of amides is 2. The minimum Gasteiger partial charge on any atom is -0.480 e. The van der Waals surface area contributed by atoms with Crippen molar-refractivity contribution in [3.05, 3.63) is 64.1 Å². The molecule has 2 aromatic rings. The number of anilines is 1. The maximum absolute atomic E-state index is 12.3. The van der Waals surface area contributed by atoms with E-state index in [2.05, 4.69) is 26.6 Å². The van der Waals surface area contributed by atoms with Gasteiger partial charge < -0.3 is 15.7 Å². The molecular weight excluding hydrogens is 388 g/mol. The first-order valence-corrected chi connectivity index (χ1v) is 8.30. The smallest absolute Gasteiger partial charge is 0.326 e. The SMILES string of the molecule is CC(=O)Nc1ccc(C(=O)N[C@H](Cc2cccc(Br)c2)C(=O)O)cc1. The van der Waals surface area contributed by atoms with Gasteiger partial charge in [0.1, 0.15) is 6.04 Å². The Morgan fingerprint density at radius 3 is 2.36 bits per heavy atom. The number of aliphatic carboxylic acids is 1. The summed E-state index contributed by atoms with van der Waals surface area (Å²) >= 11 is 3.34. The molecule has 0 heterocycles. The van der Waals surface area contributed by atoms with Crippen LogP contribution < -0.4 is 10.6 Å². The Labute approximate surface area is 153 Å². The maximum atomic E-state index is 12.3. The lowest BCUT2D eigenvalue weighted by atomic mass is 10.1. The summed E-state index contributed by atoms with van der Waals surface area (Å²) in [6.07, 6.45) is 0.171. The van der Waals surface area contributed by atoms with Gasteiger partial charge >= 0.3 is 5.97 Å². The molecule has 0 saturated heterocycles. The van der Waals surface area contributed by atoms with E-state index in [4.69, 9.17) is 0 Å². The van der Waals surface area contributed by atoms with Crippen molar-refractivity contribution >= 4 is 39.4 Å². The molecule has 0 radical (unpaired) electrons. The van der Waals surface area contributed by atoms with Crippen LogP contribution in [0.25, 0.3) is 0 Å². The number of carbonyl (C=O) groups excluding carboxylic acids is 2. The second-order valence-corrected chi connectivity index (χ2v) is 6.37. The highest BCUT2D eigenvalue weighted by Gasteiger charge is 2.21. The van der Waals surface area contributed by atoms with Crippen LogP contribution in [0.4, 0.5) is 5.69 Å². The molecule has 2 rings (SSSR count). The average Bonchev–Trinajstić information content (AvgIpc) is 2.54. The molecule has 0 saturated carbocycles. The van der Waals surface area contributed by atoms with E-state index in [0.29, 0.717) is 11.3 Å². The first kappa shape index (κ1) is 18.7. The second-order valence-electron chi connectivity index (χ2n) is 5.46. The lowest BCUT2D eigenvalue weighted by Gasteiger charge is -2.15. The van der Waals surface area contributed by atoms with Crippen molar-refractivity contribution < 1.29 is 19.5 Å². The molecule has 2 aromatic carbocycles. The molecule has 0 aromatic heterocycles. The Hall–Kier alpha value is -2.67. The molecule has 2 amide bonds. The number of hydrogen-bond donors (Lipinski definition) is 3. The van der Waals surface area contributed by atoms with Gasteiger partial charge in [0.2, 0.25) is 5.91 Å². The van der Waals surface area contributed by atoms with Crippen LogP contribution >= 0.6 is 15.9 Å². The summed E-state index contributed by atoms with van der Waals surface area (Å²) in [6, 6.07) is 12.4. The molecule has 6 nitrogen and oxygen atoms in total. The fourth-order valence-electron chi connectivity index (χ4n) is 2.25. The van der Waals surface area contributed by atoms with Gasteiger partial charge in [0, 0.05) is 29.1 Å². The third-order valence-corrected chi connectivity index (χ3v) is 3.89. The van der Waals surface area contributed by atoms with E-state index >= 15 is 0 Å². The van der Waals surface area contributed by atoms with Crippen LogP contribution in [0.15, 0.2) is 53.0 Å². The maximum Gasteiger partial charge on any atom is 0.326 e. The molecule has 0 aliphatic heterocycles. The standard InChI is InChI=1S/C18H17BrN2O4/c1-11(22)20-15-7-5-13(6-8-15)17(23)21-16(18(24)25)10-12-3-2-4-14(19)9-12/h2-9,16H,10H2,1H3,(H,20,22)(H,21,23)(H,24,25)/t16-/m1/s1. The summed E-state index contributed by atoms with van der Waals surface area (Å²) in [7, 11) is 0. The molecule has 7 heteroatoms. The molecule has 0 bridgehead atoms. The van der Waals surface area contributed by atoms with E-state index in [1.54, 1.807) is 24.3 Å². The van der Waals surface area contributed by atoms with Gasteiger partial charge in [-0.3, -0.25) is 9.59 Å². The van der Waals surface area contributed by atoms with Crippen LogP contribution in [0.5, 0.6) is 0 Å². The molecule has 130 valence electrons. The Bertz CT molecular complexity index is 790. The minimum absolute atomic E-state index is 0.171. The Balaban J connectivity index is 2.07. The van der Waals surface area contributed by atoms with Crippen LogP contribution in [0.2, 0.25) is 0 Å². The third kappa shape index (κ3) is 5.72. The molecule has 3 N–H and O–H groups in total. The van der Waals surface area contributed by atoms with Gasteiger partial charge in [-0.25, -0.2) is 4.79 Å². The first-order chi connectivity index (χ1) is 11.8. The predicted octanol–water partition coefficient (Wildman–Crippen LogP) is 2.83. The molecule has 0 fully saturated rings. The van der Waals surface area contributed by atoms with Gasteiger partial charge in [-0.15, -0.1) is 0 Å². The number of carboxylic acids is 1. The van der Waals surface area contributed by atoms with E-state index in [1.165, 1.54) is 19.1 Å². The largest absolute Gasteiger partial charge is 0.480 e. The van der Waals surface area contributed by atoms with E-state index in [9.17, 15) is 19.5 Å². The molecule has 1 atom stereocenters. The number of carbonyl (C=O) groups is 3. The van der Waals surface area contributed by atoms with Crippen LogP contribution in [0.1, 0.15) is 22.8 Å². The lowest BCUT2D eigenvalue weighted by Crippen LogP contribution is -2.42. The van der Waals surface area contributed by atoms with Crippen LogP contribution in [-0.4, -0.2) is 28.9 Å². The van der Waals surface area contributed by atoms with Crippen molar-refractivity contribution in [2.45, 2.75) is 19.4 Å². The summed E-state index contributed by atoms with van der Waals surface area (Å²) in [6.45, 7) is 1.39. The minimum atomic E-state index is -1.11. The van der Waals surface area contributed by atoms with E-state index in [1.807, 2.05) is 12.1 Å². The van der Waals surface area contributed by atoms with E-state index < -0.39 is 17.9 Å². The van der Waals surface area contributed by atoms with Gasteiger partial charge in [-0.05, 0) is 42.0 Å². The van der Waals surface area contributed by atoms with E-state index in [-0.39, 0.29) is 12.3 Å².